The molecule has 6 nitrogen and oxygen atoms in total. The fraction of sp³-hybridized carbons (Fsp3) is 0.192. The third kappa shape index (κ3) is 4.82. The van der Waals surface area contributed by atoms with Gasteiger partial charge in [0.2, 0.25) is 0 Å². The number of hydrogen-bond donors (Lipinski definition) is 3. The molecule has 0 radical (unpaired) electrons. The molecule has 0 saturated carbocycles. The molecule has 32 heavy (non-hydrogen) atoms. The fourth-order valence-electron chi connectivity index (χ4n) is 3.81. The Morgan fingerprint density at radius 1 is 1.06 bits per heavy atom. The summed E-state index contributed by atoms with van der Waals surface area (Å²) in [7, 11) is 1.88. The van der Waals surface area contributed by atoms with Gasteiger partial charge < -0.3 is 25.3 Å². The zero-order chi connectivity index (χ0) is 22.5. The predicted molar refractivity (Wildman–Crippen MR) is 124 cm³/mol. The predicted octanol–water partition coefficient (Wildman–Crippen LogP) is 4.48. The number of furan rings is 1. The van der Waals surface area contributed by atoms with E-state index >= 15 is 0 Å². The summed E-state index contributed by atoms with van der Waals surface area (Å²) in [4.78, 5) is 11.2. The lowest BCUT2D eigenvalue weighted by molar-refractivity contribution is -0.136. The molecule has 4 N–H and O–H groups in total. The average molecular weight is 431 g/mol. The van der Waals surface area contributed by atoms with Crippen molar-refractivity contribution in [3.05, 3.63) is 89.2 Å². The number of carbonyl (C=O) groups is 1. The van der Waals surface area contributed by atoms with E-state index in [4.69, 9.17) is 20.0 Å². The molecule has 0 atom stereocenters. The first-order chi connectivity index (χ1) is 15.6. The number of fused-ring (bicyclic) bond motifs is 1. The van der Waals surface area contributed by atoms with Crippen molar-refractivity contribution in [2.45, 2.75) is 26.1 Å². The van der Waals surface area contributed by atoms with Gasteiger partial charge >= 0.3 is 5.97 Å². The Labute approximate surface area is 186 Å². The molecule has 0 unspecified atom stereocenters. The topological polar surface area (TPSA) is 97.7 Å². The Morgan fingerprint density at radius 2 is 1.91 bits per heavy atom. The van der Waals surface area contributed by atoms with Gasteiger partial charge in [0.1, 0.15) is 23.7 Å². The number of rotatable bonds is 9. The van der Waals surface area contributed by atoms with Crippen LogP contribution in [0.25, 0.3) is 22.1 Å². The van der Waals surface area contributed by atoms with Crippen molar-refractivity contribution < 1.29 is 19.1 Å². The summed E-state index contributed by atoms with van der Waals surface area (Å²) < 4.78 is 12.2. The van der Waals surface area contributed by atoms with Crippen LogP contribution in [0.3, 0.4) is 0 Å². The first-order valence-corrected chi connectivity index (χ1v) is 10.5. The minimum absolute atomic E-state index is 0.0819. The maximum atomic E-state index is 11.2. The highest BCUT2D eigenvalue weighted by Crippen LogP contribution is 2.33. The van der Waals surface area contributed by atoms with Crippen molar-refractivity contribution in [1.29, 1.82) is 0 Å². The van der Waals surface area contributed by atoms with Gasteiger partial charge in [-0.2, -0.15) is 0 Å². The van der Waals surface area contributed by atoms with Gasteiger partial charge in [-0.3, -0.25) is 4.79 Å². The molecule has 0 amide bonds. The Kier molecular flexibility index (Phi) is 6.54. The van der Waals surface area contributed by atoms with Crippen molar-refractivity contribution in [1.82, 2.24) is 5.32 Å². The van der Waals surface area contributed by atoms with Gasteiger partial charge in [0.15, 0.2) is 0 Å². The minimum atomic E-state index is -0.889. The normalized spacial score (nSPS) is 11.1. The standard InChI is InChI=1S/C26H26N2O4/c1-28-15-22-12-21-10-18(16-31-24-8-3-2-6-20(24)13-25(29)30)11-23(26(21)32-22)19-7-4-5-17(9-19)14-27/h2-12,28H,13-16,27H2,1H3,(H,29,30). The molecule has 0 saturated heterocycles. The third-order valence-electron chi connectivity index (χ3n) is 5.26. The zero-order valence-electron chi connectivity index (χ0n) is 17.9. The largest absolute Gasteiger partial charge is 0.489 e. The van der Waals surface area contributed by atoms with E-state index in [1.807, 2.05) is 49.5 Å². The summed E-state index contributed by atoms with van der Waals surface area (Å²) in [6, 6.07) is 21.5. The Balaban J connectivity index is 1.72. The Bertz CT molecular complexity index is 1250. The molecule has 0 fully saturated rings. The second-order valence-electron chi connectivity index (χ2n) is 7.68. The monoisotopic (exact) mass is 430 g/mol. The maximum absolute atomic E-state index is 11.2. The molecule has 1 aromatic heterocycles. The van der Waals surface area contributed by atoms with Gasteiger partial charge in [0, 0.05) is 23.1 Å². The van der Waals surface area contributed by atoms with Crippen LogP contribution in [-0.2, 0) is 30.9 Å². The SMILES string of the molecule is CNCc1cc2cc(COc3ccccc3CC(=O)O)cc(-c3cccc(CN)c3)c2o1. The summed E-state index contributed by atoms with van der Waals surface area (Å²) in [5.74, 6) is 0.536. The summed E-state index contributed by atoms with van der Waals surface area (Å²) in [5.41, 5.74) is 11.3. The molecule has 0 spiro atoms. The number of nitrogens with one attached hydrogen (secondary N) is 1. The van der Waals surface area contributed by atoms with E-state index in [-0.39, 0.29) is 6.42 Å². The zero-order valence-corrected chi connectivity index (χ0v) is 17.9. The number of aliphatic carboxylic acids is 1. The van der Waals surface area contributed by atoms with Crippen LogP contribution >= 0.6 is 0 Å². The highest BCUT2D eigenvalue weighted by atomic mass is 16.5. The Hall–Kier alpha value is -3.61. The molecule has 6 heteroatoms. The average Bonchev–Trinajstić information content (AvgIpc) is 3.20. The van der Waals surface area contributed by atoms with Gasteiger partial charge in [-0.25, -0.2) is 0 Å². The van der Waals surface area contributed by atoms with Gasteiger partial charge in [0.25, 0.3) is 0 Å². The minimum Gasteiger partial charge on any atom is -0.489 e. The van der Waals surface area contributed by atoms with Gasteiger partial charge in [-0.05, 0) is 54.1 Å². The van der Waals surface area contributed by atoms with E-state index in [0.29, 0.717) is 31.0 Å². The lowest BCUT2D eigenvalue weighted by atomic mass is 9.99. The van der Waals surface area contributed by atoms with Crippen LogP contribution in [-0.4, -0.2) is 18.1 Å². The molecule has 4 aromatic rings. The van der Waals surface area contributed by atoms with Crippen LogP contribution in [0.15, 0.2) is 71.1 Å². The lowest BCUT2D eigenvalue weighted by Gasteiger charge is -2.12. The first kappa shape index (κ1) is 21.6. The highest BCUT2D eigenvalue weighted by molar-refractivity contribution is 5.93. The molecule has 0 aliphatic carbocycles. The Morgan fingerprint density at radius 3 is 2.69 bits per heavy atom. The van der Waals surface area contributed by atoms with Crippen molar-refractivity contribution in [2.24, 2.45) is 5.73 Å². The van der Waals surface area contributed by atoms with Gasteiger partial charge in [-0.1, -0.05) is 36.4 Å². The van der Waals surface area contributed by atoms with E-state index < -0.39 is 5.97 Å². The van der Waals surface area contributed by atoms with Gasteiger partial charge in [0.05, 0.1) is 13.0 Å². The van der Waals surface area contributed by atoms with Crippen LogP contribution in [0, 0.1) is 0 Å². The van der Waals surface area contributed by atoms with Crippen LogP contribution in [0.2, 0.25) is 0 Å². The highest BCUT2D eigenvalue weighted by Gasteiger charge is 2.14. The number of hydrogen-bond acceptors (Lipinski definition) is 5. The van der Waals surface area contributed by atoms with Crippen molar-refractivity contribution in [3.63, 3.8) is 0 Å². The van der Waals surface area contributed by atoms with Crippen LogP contribution in [0.4, 0.5) is 0 Å². The summed E-state index contributed by atoms with van der Waals surface area (Å²) in [6.45, 7) is 1.40. The van der Waals surface area contributed by atoms with Crippen LogP contribution in [0.5, 0.6) is 5.75 Å². The van der Waals surface area contributed by atoms with E-state index in [1.54, 1.807) is 12.1 Å². The third-order valence-corrected chi connectivity index (χ3v) is 5.26. The van der Waals surface area contributed by atoms with E-state index in [0.717, 1.165) is 39.0 Å². The smallest absolute Gasteiger partial charge is 0.307 e. The van der Waals surface area contributed by atoms with Crippen LogP contribution < -0.4 is 15.8 Å². The molecular weight excluding hydrogens is 404 g/mol. The molecular formula is C26H26N2O4. The molecule has 0 bridgehead atoms. The molecule has 1 heterocycles. The molecule has 4 rings (SSSR count). The van der Waals surface area contributed by atoms with Crippen molar-refractivity contribution in [2.75, 3.05) is 7.05 Å². The quantitative estimate of drug-likeness (QED) is 0.362. The number of benzene rings is 3. The molecule has 0 aliphatic rings. The number of carboxylic acid groups (broad SMARTS) is 1. The number of carboxylic acids is 1. The number of para-hydroxylation sites is 1. The van der Waals surface area contributed by atoms with E-state index in [1.165, 1.54) is 0 Å². The number of nitrogens with two attached hydrogens (primary N) is 1. The summed E-state index contributed by atoms with van der Waals surface area (Å²) >= 11 is 0. The second kappa shape index (κ2) is 9.68. The van der Waals surface area contributed by atoms with Crippen molar-refractivity contribution >= 4 is 16.9 Å². The van der Waals surface area contributed by atoms with Gasteiger partial charge in [-0.15, -0.1) is 0 Å². The molecule has 164 valence electrons. The van der Waals surface area contributed by atoms with Crippen LogP contribution in [0.1, 0.15) is 22.5 Å². The first-order valence-electron chi connectivity index (χ1n) is 10.5. The van der Waals surface area contributed by atoms with Crippen molar-refractivity contribution in [3.8, 4) is 16.9 Å². The summed E-state index contributed by atoms with van der Waals surface area (Å²) in [6.07, 6.45) is -0.0819. The van der Waals surface area contributed by atoms with E-state index in [9.17, 15) is 4.79 Å². The fourth-order valence-corrected chi connectivity index (χ4v) is 3.81. The number of ether oxygens (including phenoxy) is 1. The molecule has 3 aromatic carbocycles. The molecule has 0 aliphatic heterocycles. The lowest BCUT2D eigenvalue weighted by Crippen LogP contribution is -2.04. The second-order valence-corrected chi connectivity index (χ2v) is 7.68. The van der Waals surface area contributed by atoms with E-state index in [2.05, 4.69) is 17.4 Å². The maximum Gasteiger partial charge on any atom is 0.307 e. The summed E-state index contributed by atoms with van der Waals surface area (Å²) in [5, 5.41) is 13.3.